The summed E-state index contributed by atoms with van der Waals surface area (Å²) in [6, 6.07) is 7.51. The van der Waals surface area contributed by atoms with Crippen LogP contribution in [0, 0.1) is 0 Å². The first-order valence-corrected chi connectivity index (χ1v) is 9.17. The second kappa shape index (κ2) is 7.97. The number of benzene rings is 1. The van der Waals surface area contributed by atoms with E-state index >= 15 is 0 Å². The van der Waals surface area contributed by atoms with Gasteiger partial charge in [0.25, 0.3) is 5.91 Å². The molecule has 0 spiro atoms. The minimum atomic E-state index is -0.355. The smallest absolute Gasteiger partial charge is 0.254 e. The quantitative estimate of drug-likeness (QED) is 0.877. The third-order valence-corrected chi connectivity index (χ3v) is 5.18. The Bertz CT molecular complexity index is 608. The highest BCUT2D eigenvalue weighted by atomic mass is 16.2. The van der Waals surface area contributed by atoms with Crippen molar-refractivity contribution in [2.24, 2.45) is 0 Å². The van der Waals surface area contributed by atoms with Crippen LogP contribution in [0.15, 0.2) is 24.3 Å². The Kier molecular flexibility index (Phi) is 5.71. The number of nitrogens with one attached hydrogen (secondary N) is 1. The van der Waals surface area contributed by atoms with E-state index in [0.717, 1.165) is 32.7 Å². The Morgan fingerprint density at radius 1 is 1.12 bits per heavy atom. The van der Waals surface area contributed by atoms with E-state index in [0.29, 0.717) is 25.1 Å². The normalized spacial score (nSPS) is 22.7. The van der Waals surface area contributed by atoms with E-state index in [2.05, 4.69) is 22.2 Å². The fraction of sp³-hybridized carbons (Fsp3) is 0.579. The molecule has 6 heteroatoms. The topological polar surface area (TPSA) is 55.9 Å². The first-order valence-electron chi connectivity index (χ1n) is 9.17. The molecule has 1 atom stereocenters. The fourth-order valence-corrected chi connectivity index (χ4v) is 3.55. The van der Waals surface area contributed by atoms with Crippen LogP contribution in [0.3, 0.4) is 0 Å². The van der Waals surface area contributed by atoms with E-state index in [9.17, 15) is 9.59 Å². The third-order valence-electron chi connectivity index (χ3n) is 5.18. The van der Waals surface area contributed by atoms with Gasteiger partial charge in [-0.05, 0) is 31.2 Å². The second-order valence-electron chi connectivity index (χ2n) is 6.99. The SMILES string of the molecule is CCC1C(=O)NCCN1C(=O)c1ccc(CN2CCN(C)CC2)cc1. The standard InChI is InChI=1S/C19H28N4O2/c1-3-17-18(24)20-8-9-23(17)19(25)16-6-4-15(5-7-16)14-22-12-10-21(2)11-13-22/h4-7,17H,3,8-14H2,1-2H3,(H,20,24). The Morgan fingerprint density at radius 3 is 2.44 bits per heavy atom. The van der Waals surface area contributed by atoms with Gasteiger partial charge in [-0.2, -0.15) is 0 Å². The zero-order valence-electron chi connectivity index (χ0n) is 15.2. The van der Waals surface area contributed by atoms with E-state index < -0.39 is 0 Å². The maximum absolute atomic E-state index is 12.8. The zero-order valence-corrected chi connectivity index (χ0v) is 15.2. The summed E-state index contributed by atoms with van der Waals surface area (Å²) >= 11 is 0. The average Bonchev–Trinajstić information content (AvgIpc) is 2.63. The van der Waals surface area contributed by atoms with Crippen molar-refractivity contribution < 1.29 is 9.59 Å². The summed E-state index contributed by atoms with van der Waals surface area (Å²) in [5.41, 5.74) is 1.89. The largest absolute Gasteiger partial charge is 0.353 e. The van der Waals surface area contributed by atoms with Crippen LogP contribution >= 0.6 is 0 Å². The minimum absolute atomic E-state index is 0.0474. The van der Waals surface area contributed by atoms with Crippen molar-refractivity contribution in [2.75, 3.05) is 46.3 Å². The molecule has 0 radical (unpaired) electrons. The summed E-state index contributed by atoms with van der Waals surface area (Å²) in [7, 11) is 2.15. The molecule has 2 aliphatic heterocycles. The van der Waals surface area contributed by atoms with Crippen LogP contribution in [-0.4, -0.2) is 78.9 Å². The van der Waals surface area contributed by atoms with Crippen LogP contribution in [-0.2, 0) is 11.3 Å². The van der Waals surface area contributed by atoms with Crippen LogP contribution in [0.2, 0.25) is 0 Å². The van der Waals surface area contributed by atoms with Gasteiger partial charge in [0.1, 0.15) is 6.04 Å². The molecule has 6 nitrogen and oxygen atoms in total. The van der Waals surface area contributed by atoms with E-state index in [1.54, 1.807) is 4.90 Å². The van der Waals surface area contributed by atoms with Crippen molar-refractivity contribution in [2.45, 2.75) is 25.9 Å². The van der Waals surface area contributed by atoms with E-state index in [1.165, 1.54) is 5.56 Å². The van der Waals surface area contributed by atoms with E-state index in [1.807, 2.05) is 31.2 Å². The number of hydrogen-bond acceptors (Lipinski definition) is 4. The molecular weight excluding hydrogens is 316 g/mol. The fourth-order valence-electron chi connectivity index (χ4n) is 3.55. The molecule has 2 heterocycles. The lowest BCUT2D eigenvalue weighted by Gasteiger charge is -2.34. The molecule has 2 aliphatic rings. The molecule has 2 fully saturated rings. The summed E-state index contributed by atoms with van der Waals surface area (Å²) in [6.07, 6.45) is 0.638. The minimum Gasteiger partial charge on any atom is -0.353 e. The highest BCUT2D eigenvalue weighted by Crippen LogP contribution is 2.15. The van der Waals surface area contributed by atoms with Gasteiger partial charge in [0.2, 0.25) is 5.91 Å². The summed E-state index contributed by atoms with van der Waals surface area (Å²) in [5.74, 6) is -0.0957. The summed E-state index contributed by atoms with van der Waals surface area (Å²) in [4.78, 5) is 31.2. The van der Waals surface area contributed by atoms with Crippen molar-refractivity contribution in [3.63, 3.8) is 0 Å². The molecule has 1 aromatic carbocycles. The lowest BCUT2D eigenvalue weighted by Crippen LogP contribution is -2.56. The first kappa shape index (κ1) is 17.9. The molecule has 0 saturated carbocycles. The predicted octanol–water partition coefficient (Wildman–Crippen LogP) is 0.785. The molecule has 25 heavy (non-hydrogen) atoms. The summed E-state index contributed by atoms with van der Waals surface area (Å²) in [5, 5.41) is 2.84. The molecule has 0 aromatic heterocycles. The van der Waals surface area contributed by atoms with Gasteiger partial charge in [-0.25, -0.2) is 0 Å². The molecular formula is C19H28N4O2. The molecule has 2 amide bonds. The maximum atomic E-state index is 12.8. The molecule has 1 N–H and O–H groups in total. The number of piperazine rings is 2. The summed E-state index contributed by atoms with van der Waals surface area (Å²) in [6.45, 7) is 8.34. The van der Waals surface area contributed by atoms with Gasteiger partial charge in [0.15, 0.2) is 0 Å². The Labute approximate surface area is 149 Å². The Balaban J connectivity index is 1.63. The predicted molar refractivity (Wildman–Crippen MR) is 97.3 cm³/mol. The van der Waals surface area contributed by atoms with Crippen molar-refractivity contribution in [3.8, 4) is 0 Å². The summed E-state index contributed by atoms with van der Waals surface area (Å²) < 4.78 is 0. The molecule has 1 aromatic rings. The van der Waals surface area contributed by atoms with Gasteiger partial charge in [-0.15, -0.1) is 0 Å². The molecule has 136 valence electrons. The van der Waals surface area contributed by atoms with Crippen LogP contribution in [0.5, 0.6) is 0 Å². The molecule has 2 saturated heterocycles. The molecule has 3 rings (SSSR count). The Morgan fingerprint density at radius 2 is 1.80 bits per heavy atom. The van der Waals surface area contributed by atoms with Crippen LogP contribution in [0.1, 0.15) is 29.3 Å². The second-order valence-corrected chi connectivity index (χ2v) is 6.99. The monoisotopic (exact) mass is 344 g/mol. The van der Waals surface area contributed by atoms with Gasteiger partial charge in [-0.1, -0.05) is 19.1 Å². The number of carbonyl (C=O) groups excluding carboxylic acids is 2. The van der Waals surface area contributed by atoms with Crippen molar-refractivity contribution in [1.82, 2.24) is 20.0 Å². The van der Waals surface area contributed by atoms with Gasteiger partial charge >= 0.3 is 0 Å². The van der Waals surface area contributed by atoms with Crippen LogP contribution in [0.25, 0.3) is 0 Å². The highest BCUT2D eigenvalue weighted by molar-refractivity contribution is 5.98. The Hall–Kier alpha value is -1.92. The van der Waals surface area contributed by atoms with Crippen LogP contribution in [0.4, 0.5) is 0 Å². The number of hydrogen-bond donors (Lipinski definition) is 1. The molecule has 1 unspecified atom stereocenters. The number of carbonyl (C=O) groups is 2. The molecule has 0 aliphatic carbocycles. The lowest BCUT2D eigenvalue weighted by atomic mass is 10.1. The van der Waals surface area contributed by atoms with Crippen molar-refractivity contribution in [3.05, 3.63) is 35.4 Å². The lowest BCUT2D eigenvalue weighted by molar-refractivity contribution is -0.127. The number of amides is 2. The molecule has 0 bridgehead atoms. The number of likely N-dealkylation sites (N-methyl/N-ethyl adjacent to an activating group) is 1. The van der Waals surface area contributed by atoms with Crippen molar-refractivity contribution >= 4 is 11.8 Å². The average molecular weight is 344 g/mol. The van der Waals surface area contributed by atoms with Gasteiger partial charge in [0, 0.05) is 51.4 Å². The van der Waals surface area contributed by atoms with Gasteiger partial charge in [0.05, 0.1) is 0 Å². The zero-order chi connectivity index (χ0) is 17.8. The highest BCUT2D eigenvalue weighted by Gasteiger charge is 2.32. The number of nitrogens with zero attached hydrogens (tertiary/aromatic N) is 3. The number of rotatable bonds is 4. The van der Waals surface area contributed by atoms with E-state index in [-0.39, 0.29) is 17.9 Å². The van der Waals surface area contributed by atoms with Gasteiger partial charge in [-0.3, -0.25) is 14.5 Å². The van der Waals surface area contributed by atoms with Gasteiger partial charge < -0.3 is 15.1 Å². The first-order chi connectivity index (χ1) is 12.1. The van der Waals surface area contributed by atoms with Crippen LogP contribution < -0.4 is 5.32 Å². The van der Waals surface area contributed by atoms with Crippen molar-refractivity contribution in [1.29, 1.82) is 0 Å². The third kappa shape index (κ3) is 4.19. The maximum Gasteiger partial charge on any atom is 0.254 e. The van der Waals surface area contributed by atoms with E-state index in [4.69, 9.17) is 0 Å².